The Bertz CT molecular complexity index is 4270. The number of fused-ring (bicyclic) bond motifs is 2. The summed E-state index contributed by atoms with van der Waals surface area (Å²) in [5.41, 5.74) is -3.84. The van der Waals surface area contributed by atoms with Gasteiger partial charge in [-0.15, -0.1) is 0 Å². The molecule has 7 aromatic rings. The van der Waals surface area contributed by atoms with E-state index in [2.05, 4.69) is 65.9 Å². The van der Waals surface area contributed by atoms with E-state index in [0.29, 0.717) is 17.8 Å². The van der Waals surface area contributed by atoms with E-state index < -0.39 is 160 Å². The van der Waals surface area contributed by atoms with Gasteiger partial charge in [0.15, 0.2) is 57.8 Å². The van der Waals surface area contributed by atoms with Crippen LogP contribution in [0.5, 0.6) is 17.2 Å². The van der Waals surface area contributed by atoms with Gasteiger partial charge in [-0.3, -0.25) is 33.9 Å². The number of alkyl halides is 2. The van der Waals surface area contributed by atoms with Gasteiger partial charge in [-0.1, -0.05) is 98.2 Å². The molecule has 0 aliphatic carbocycles. The highest BCUT2D eigenvalue weighted by molar-refractivity contribution is 7.52. The number of nitrogens with zero attached hydrogens (tertiary/aromatic N) is 8. The molecule has 9 N–H and O–H groups in total. The van der Waals surface area contributed by atoms with E-state index in [9.17, 15) is 65.6 Å². The summed E-state index contributed by atoms with van der Waals surface area (Å²) in [5.74, 6) is -14.8. The van der Waals surface area contributed by atoms with Crippen molar-refractivity contribution in [2.75, 3.05) is 61.8 Å². The Labute approximate surface area is 637 Å². The first kappa shape index (κ1) is 94.3. The molecule has 4 aromatic heterocycles. The number of amides is 2. The van der Waals surface area contributed by atoms with Crippen molar-refractivity contribution in [3.05, 3.63) is 102 Å². The smallest absolute Gasteiger partial charge is 0.462 e. The number of imidazole rings is 2. The molecule has 2 aliphatic rings. The van der Waals surface area contributed by atoms with Crippen LogP contribution in [-0.2, 0) is 51.7 Å². The number of hydrogen-bond donors (Lipinski definition) is 9. The molecule has 2 aliphatic heterocycles. The SMILES string of the molecule is C.C.C.CC(C)OC(=O)[C@H](C)N[P@](=O)(Oc1ccccc1)Oc1c(F)c(F)c(F)c(F)c1F.CCCCCOC(=O)Nc1nc(NC)c2ncn([C@@H]3O[C@H](CO)[C@@H](O)[C@@]3(C)F)c2n1.CCCCCOC(=O)Nc1nc(NC)c2ncn([C@@H]3O[C@H](CO[P@@](=O)(N[C@@H](C)C(=O)OC(C)C)Oc4ccccc4)[C@@H](O)[C@@]3(C)F)c2n1. The first-order valence-corrected chi connectivity index (χ1v) is 37.0. The topological polar surface area (TPSA) is 415 Å². The van der Waals surface area contributed by atoms with Crippen molar-refractivity contribution in [3.63, 3.8) is 0 Å². The molecule has 42 heteroatoms. The van der Waals surface area contributed by atoms with Crippen molar-refractivity contribution >= 4 is 85.5 Å². The summed E-state index contributed by atoms with van der Waals surface area (Å²) in [6, 6.07) is 12.6. The molecule has 2 fully saturated rings. The van der Waals surface area contributed by atoms with E-state index in [0.717, 1.165) is 39.0 Å². The van der Waals surface area contributed by atoms with Gasteiger partial charge < -0.3 is 67.9 Å². The number of unbranched alkanes of at least 4 members (excludes halogenated alkanes) is 4. The van der Waals surface area contributed by atoms with Crippen LogP contribution in [0.25, 0.3) is 22.3 Å². The lowest BCUT2D eigenvalue weighted by Crippen LogP contribution is -2.41. The maximum absolute atomic E-state index is 16.3. The number of aliphatic hydroxyl groups excluding tert-OH is 3. The Balaban J connectivity index is 0.000000362. The van der Waals surface area contributed by atoms with Gasteiger partial charge in [0.25, 0.3) is 0 Å². The van der Waals surface area contributed by atoms with Crippen LogP contribution in [0.4, 0.5) is 63.9 Å². The molecule has 0 bridgehead atoms. The van der Waals surface area contributed by atoms with Gasteiger partial charge in [-0.25, -0.2) is 50.6 Å². The second-order valence-electron chi connectivity index (χ2n) is 25.1. The third-order valence-corrected chi connectivity index (χ3v) is 18.9. The Kier molecular flexibility index (Phi) is 35.6. The fourth-order valence-corrected chi connectivity index (χ4v) is 13.3. The van der Waals surface area contributed by atoms with Crippen LogP contribution in [0.3, 0.4) is 0 Å². The zero-order valence-electron chi connectivity index (χ0n) is 60.8. The van der Waals surface area contributed by atoms with Gasteiger partial charge in [-0.05, 0) is 92.5 Å². The highest BCUT2D eigenvalue weighted by atomic mass is 31.2. The molecule has 0 unspecified atom stereocenters. The number of carbonyl (C=O) groups is 4. The zero-order valence-corrected chi connectivity index (χ0v) is 62.6. The number of para-hydroxylation sites is 2. The maximum atomic E-state index is 16.3. The Morgan fingerprint density at radius 3 is 1.32 bits per heavy atom. The number of benzene rings is 3. The van der Waals surface area contributed by atoms with Crippen molar-refractivity contribution in [2.45, 2.75) is 203 Å². The van der Waals surface area contributed by atoms with Crippen molar-refractivity contribution < 1.29 is 121 Å². The van der Waals surface area contributed by atoms with Crippen LogP contribution in [0.15, 0.2) is 73.3 Å². The quantitative estimate of drug-likeness (QED) is 0.00360. The molecule has 12 atom stereocenters. The van der Waals surface area contributed by atoms with Crippen molar-refractivity contribution in [2.24, 2.45) is 0 Å². The lowest BCUT2D eigenvalue weighted by Gasteiger charge is -2.25. The van der Waals surface area contributed by atoms with Crippen LogP contribution < -0.4 is 45.0 Å². The van der Waals surface area contributed by atoms with E-state index >= 15 is 8.78 Å². The number of esters is 2. The molecule has 2 saturated heterocycles. The molecule has 6 heterocycles. The minimum Gasteiger partial charge on any atom is -0.462 e. The average Bonchev–Trinajstić information content (AvgIpc) is 1.61. The van der Waals surface area contributed by atoms with Gasteiger partial charge >= 0.3 is 39.6 Å². The molecular weight excluding hydrogens is 1520 g/mol. The van der Waals surface area contributed by atoms with Crippen LogP contribution in [0.1, 0.15) is 142 Å². The summed E-state index contributed by atoms with van der Waals surface area (Å²) in [6.45, 7) is 14.7. The second-order valence-corrected chi connectivity index (χ2v) is 28.4. The van der Waals surface area contributed by atoms with E-state index in [-0.39, 0.29) is 81.5 Å². The van der Waals surface area contributed by atoms with E-state index in [1.165, 1.54) is 92.8 Å². The first-order chi connectivity index (χ1) is 51.0. The molecule has 618 valence electrons. The minimum atomic E-state index is -4.91. The molecule has 33 nitrogen and oxygen atoms in total. The molecule has 111 heavy (non-hydrogen) atoms. The fourth-order valence-electron chi connectivity index (χ4n) is 10.2. The van der Waals surface area contributed by atoms with Crippen LogP contribution >= 0.6 is 15.5 Å². The normalized spacial score (nSPS) is 20.7. The number of aliphatic hydroxyl groups is 3. The molecule has 3 aromatic carbocycles. The minimum absolute atomic E-state index is 0. The third-order valence-electron chi connectivity index (χ3n) is 15.7. The Hall–Kier alpha value is -9.11. The van der Waals surface area contributed by atoms with Gasteiger partial charge in [0.05, 0.1) is 51.3 Å². The predicted octanol–water partition coefficient (Wildman–Crippen LogP) is 13.1. The summed E-state index contributed by atoms with van der Waals surface area (Å²) < 4.78 is 182. The summed E-state index contributed by atoms with van der Waals surface area (Å²) in [5, 5.41) is 45.8. The number of ether oxygens (including phenoxy) is 6. The number of halogens is 7. The van der Waals surface area contributed by atoms with E-state index in [1.54, 1.807) is 52.2 Å². The average molecular weight is 1620 g/mol. The van der Waals surface area contributed by atoms with Crippen molar-refractivity contribution in [3.8, 4) is 17.2 Å². The molecule has 0 saturated carbocycles. The van der Waals surface area contributed by atoms with E-state index in [1.807, 2.05) is 13.8 Å². The number of anilines is 4. The second kappa shape index (κ2) is 42.0. The highest BCUT2D eigenvalue weighted by Crippen LogP contribution is 2.50. The molecule has 0 radical (unpaired) electrons. The zero-order chi connectivity index (χ0) is 79.6. The standard InChI is InChI=1S/C30H43FN7O9P.C18H17F5NO5P.C18H27FN6O5.3CH4/c1-7-8-12-15-43-29(41)36-28-34-24(32-6)22-25(35-28)38(17-33-22)27-30(5,31)23(39)21(46-27)16-44-48(42,47-20-13-10-9-11-14-20)37-19(4)26(40)45-18(2)3;1-9(2)27-18(25)10(3)24-30(26,28-11-7-5-4-6-8-11)29-17-15(22)13(20)12(19)14(21)16(17)23;1-4-5-6-7-29-17(28)24-16-22-13(20-3)11-14(23-16)25(9-21-11)15-18(2,19)12(27)10(8-26)30-15;;;/h9-11,13-14,17-19,21,23,27,39H,7-8,12,15-16H2,1-6H3,(H,37,42)(H2,32,34,35,36,41);4-10H,1-3H3,(H,24,26);9-10,12,15,26-27H,4-8H2,1-3H3,(H2,20,22,23,24,28);3*1H4/t19-,21+,23+,27+,30+,48-;10-,30-;10-,12-,15-,18-;;;/m001.../s1. The third kappa shape index (κ3) is 24.2. The molecule has 2 amide bonds. The Morgan fingerprint density at radius 2 is 0.946 bits per heavy atom. The maximum Gasteiger partial charge on any atom is 0.513 e. The largest absolute Gasteiger partial charge is 0.513 e. The summed E-state index contributed by atoms with van der Waals surface area (Å²) in [6.07, 6.45) is -3.17. The predicted molar refractivity (Wildman–Crippen MR) is 395 cm³/mol. The summed E-state index contributed by atoms with van der Waals surface area (Å²) in [7, 11) is -6.05. The molecular formula is C69H99F7N14O19P2. The highest BCUT2D eigenvalue weighted by Gasteiger charge is 2.57. The van der Waals surface area contributed by atoms with Crippen LogP contribution in [-0.4, -0.2) is 179 Å². The van der Waals surface area contributed by atoms with Gasteiger partial charge in [0.2, 0.25) is 46.7 Å². The first-order valence-electron chi connectivity index (χ1n) is 33.9. The van der Waals surface area contributed by atoms with Crippen molar-refractivity contribution in [1.82, 2.24) is 49.2 Å². The number of carbonyl (C=O) groups excluding carboxylic acids is 4. The van der Waals surface area contributed by atoms with Gasteiger partial charge in [-0.2, -0.15) is 38.9 Å². The molecule has 9 rings (SSSR count). The monoisotopic (exact) mass is 1620 g/mol. The Morgan fingerprint density at radius 1 is 0.568 bits per heavy atom. The molecule has 0 spiro atoms. The van der Waals surface area contributed by atoms with Crippen molar-refractivity contribution in [1.29, 1.82) is 0 Å². The van der Waals surface area contributed by atoms with E-state index in [4.69, 9.17) is 42.0 Å². The summed E-state index contributed by atoms with van der Waals surface area (Å²) >= 11 is 0. The number of rotatable bonds is 32. The number of hydrogen-bond acceptors (Lipinski definition) is 27. The van der Waals surface area contributed by atoms with Gasteiger partial charge in [0, 0.05) is 14.1 Å². The van der Waals surface area contributed by atoms with Crippen LogP contribution in [0.2, 0.25) is 0 Å². The lowest BCUT2D eigenvalue weighted by atomic mass is 9.98. The summed E-state index contributed by atoms with van der Waals surface area (Å²) in [4.78, 5) is 74.4. The van der Waals surface area contributed by atoms with Gasteiger partial charge in [0.1, 0.15) is 48.0 Å². The number of nitrogens with one attached hydrogen (secondary N) is 6. The van der Waals surface area contributed by atoms with Crippen LogP contribution in [0, 0.1) is 29.1 Å². The number of aromatic nitrogens is 8. The lowest BCUT2D eigenvalue weighted by molar-refractivity contribution is -0.150. The fraction of sp³-hybridized carbons (Fsp3) is 0.536.